The molecule has 0 fully saturated rings. The molecule has 0 saturated heterocycles. The summed E-state index contributed by atoms with van der Waals surface area (Å²) in [6.45, 7) is 5.38. The van der Waals surface area contributed by atoms with Gasteiger partial charge in [-0.05, 0) is 38.5 Å². The van der Waals surface area contributed by atoms with Crippen molar-refractivity contribution < 1.29 is 31.9 Å². The van der Waals surface area contributed by atoms with E-state index in [9.17, 15) is 22.4 Å². The number of halogens is 1. The van der Waals surface area contributed by atoms with Crippen LogP contribution in [0.2, 0.25) is 0 Å². The molecule has 1 atom stereocenters. The Hall–Kier alpha value is -3.34. The van der Waals surface area contributed by atoms with Crippen molar-refractivity contribution in [3.05, 3.63) is 53.8 Å². The van der Waals surface area contributed by atoms with Gasteiger partial charge in [0.15, 0.2) is 11.5 Å². The number of unbranched alkanes of at least 4 members (excludes halogenated alkanes) is 1. The number of hydrogen-bond donors (Lipinski definition) is 1. The minimum atomic E-state index is -3.90. The molecular weight excluding hydrogens is 501 g/mol. The third-order valence-electron chi connectivity index (χ3n) is 6.09. The second kappa shape index (κ2) is 12.8. The second-order valence-electron chi connectivity index (χ2n) is 8.67. The molecule has 0 aliphatic carbocycles. The van der Waals surface area contributed by atoms with Crippen molar-refractivity contribution in [2.45, 2.75) is 46.2 Å². The fraction of sp³-hybridized carbons (Fsp3) is 0.462. The van der Waals surface area contributed by atoms with Crippen LogP contribution in [0, 0.1) is 5.82 Å². The first-order chi connectivity index (χ1) is 17.7. The summed E-state index contributed by atoms with van der Waals surface area (Å²) < 4.78 is 52.7. The minimum absolute atomic E-state index is 0.199. The van der Waals surface area contributed by atoms with E-state index < -0.39 is 40.2 Å². The van der Waals surface area contributed by atoms with Gasteiger partial charge in [0.1, 0.15) is 31.6 Å². The number of nitrogens with one attached hydrogen (secondary N) is 1. The van der Waals surface area contributed by atoms with Crippen LogP contribution < -0.4 is 19.1 Å². The minimum Gasteiger partial charge on any atom is -0.486 e. The molecule has 1 heterocycles. The van der Waals surface area contributed by atoms with E-state index in [-0.39, 0.29) is 23.5 Å². The first-order valence-corrected chi connectivity index (χ1v) is 14.0. The van der Waals surface area contributed by atoms with E-state index >= 15 is 0 Å². The number of carbonyl (C=O) groups is 2. The van der Waals surface area contributed by atoms with Gasteiger partial charge in [-0.3, -0.25) is 13.9 Å². The molecule has 0 aromatic heterocycles. The molecule has 0 bridgehead atoms. The Morgan fingerprint density at radius 2 is 1.78 bits per heavy atom. The highest BCUT2D eigenvalue weighted by Crippen LogP contribution is 2.35. The van der Waals surface area contributed by atoms with E-state index in [0.717, 1.165) is 17.1 Å². The molecule has 1 aliphatic heterocycles. The van der Waals surface area contributed by atoms with E-state index in [1.807, 2.05) is 6.92 Å². The van der Waals surface area contributed by atoms with Crippen molar-refractivity contribution >= 4 is 27.5 Å². The van der Waals surface area contributed by atoms with Crippen LogP contribution in [0.5, 0.6) is 11.5 Å². The topological polar surface area (TPSA) is 105 Å². The third kappa shape index (κ3) is 7.12. The summed E-state index contributed by atoms with van der Waals surface area (Å²) >= 11 is 0. The molecule has 1 aliphatic rings. The van der Waals surface area contributed by atoms with Crippen LogP contribution in [0.25, 0.3) is 0 Å². The van der Waals surface area contributed by atoms with Gasteiger partial charge < -0.3 is 19.7 Å². The Bertz CT molecular complexity index is 1210. The van der Waals surface area contributed by atoms with E-state index in [0.29, 0.717) is 31.3 Å². The van der Waals surface area contributed by atoms with Gasteiger partial charge in [0.25, 0.3) is 0 Å². The molecule has 0 unspecified atom stereocenters. The van der Waals surface area contributed by atoms with Gasteiger partial charge in [-0.2, -0.15) is 0 Å². The van der Waals surface area contributed by atoms with Crippen molar-refractivity contribution in [2.75, 3.05) is 36.4 Å². The Morgan fingerprint density at radius 1 is 1.08 bits per heavy atom. The monoisotopic (exact) mass is 535 g/mol. The van der Waals surface area contributed by atoms with Crippen molar-refractivity contribution in [1.82, 2.24) is 10.2 Å². The van der Waals surface area contributed by atoms with Crippen molar-refractivity contribution in [1.29, 1.82) is 0 Å². The smallest absolute Gasteiger partial charge is 0.244 e. The molecule has 2 amide bonds. The molecule has 1 N–H and O–H groups in total. The maximum atomic E-state index is 14.5. The molecule has 0 radical (unpaired) electrons. The molecule has 202 valence electrons. The van der Waals surface area contributed by atoms with Gasteiger partial charge in [0, 0.05) is 24.7 Å². The summed E-state index contributed by atoms with van der Waals surface area (Å²) in [7, 11) is -3.90. The Kier molecular flexibility index (Phi) is 9.73. The molecule has 2 aromatic rings. The highest BCUT2D eigenvalue weighted by molar-refractivity contribution is 7.92. The van der Waals surface area contributed by atoms with E-state index in [4.69, 9.17) is 9.47 Å². The molecule has 2 aromatic carbocycles. The lowest BCUT2D eigenvalue weighted by Gasteiger charge is -2.32. The largest absolute Gasteiger partial charge is 0.486 e. The number of nitrogens with zero attached hydrogens (tertiary/aromatic N) is 2. The van der Waals surface area contributed by atoms with Crippen molar-refractivity contribution in [3.63, 3.8) is 0 Å². The average molecular weight is 536 g/mol. The zero-order valence-electron chi connectivity index (χ0n) is 21.4. The van der Waals surface area contributed by atoms with Gasteiger partial charge in [-0.25, -0.2) is 12.8 Å². The van der Waals surface area contributed by atoms with E-state index in [1.165, 1.54) is 42.2 Å². The quantitative estimate of drug-likeness (QED) is 0.419. The first kappa shape index (κ1) is 28.2. The number of benzene rings is 2. The Morgan fingerprint density at radius 3 is 2.46 bits per heavy atom. The lowest BCUT2D eigenvalue weighted by Crippen LogP contribution is -2.51. The normalized spacial score (nSPS) is 13.5. The molecule has 9 nitrogen and oxygen atoms in total. The highest BCUT2D eigenvalue weighted by atomic mass is 32.2. The zero-order chi connectivity index (χ0) is 27.0. The Labute approximate surface area is 217 Å². The fourth-order valence-corrected chi connectivity index (χ4v) is 4.89. The summed E-state index contributed by atoms with van der Waals surface area (Å²) in [5.74, 6) is -0.970. The van der Waals surface area contributed by atoms with Crippen LogP contribution in [-0.4, -0.2) is 63.2 Å². The summed E-state index contributed by atoms with van der Waals surface area (Å²) in [5.41, 5.74) is 0.443. The standard InChI is InChI=1S/C26H34FN3O6S/c1-4-6-13-28-26(32)19(3)29(17-20-9-7-8-10-22(20)27)25(31)18-30(37(33,34)5-2)21-11-12-23-24(16-21)36-15-14-35-23/h7-12,16,19H,4-6,13-15,17-18H2,1-3H3,(H,28,32)/t19-/m1/s1. The van der Waals surface area contributed by atoms with Gasteiger partial charge >= 0.3 is 0 Å². The van der Waals surface area contributed by atoms with E-state index in [1.54, 1.807) is 19.1 Å². The molecule has 3 rings (SSSR count). The van der Waals surface area contributed by atoms with Crippen LogP contribution in [0.4, 0.5) is 10.1 Å². The maximum absolute atomic E-state index is 14.5. The number of ether oxygens (including phenoxy) is 2. The summed E-state index contributed by atoms with van der Waals surface area (Å²) in [6.07, 6.45) is 1.65. The van der Waals surface area contributed by atoms with Crippen LogP contribution in [0.1, 0.15) is 39.2 Å². The predicted octanol–water partition coefficient (Wildman–Crippen LogP) is 3.09. The first-order valence-electron chi connectivity index (χ1n) is 12.4. The van der Waals surface area contributed by atoms with Crippen molar-refractivity contribution in [2.24, 2.45) is 0 Å². The maximum Gasteiger partial charge on any atom is 0.244 e. The summed E-state index contributed by atoms with van der Waals surface area (Å²) in [6, 6.07) is 9.64. The molecular formula is C26H34FN3O6S. The lowest BCUT2D eigenvalue weighted by molar-refractivity contribution is -0.139. The number of hydrogen-bond acceptors (Lipinski definition) is 6. The van der Waals surface area contributed by atoms with Gasteiger partial charge in [-0.1, -0.05) is 31.5 Å². The lowest BCUT2D eigenvalue weighted by atomic mass is 10.1. The average Bonchev–Trinajstić information content (AvgIpc) is 2.90. The summed E-state index contributed by atoms with van der Waals surface area (Å²) in [4.78, 5) is 27.7. The van der Waals surface area contributed by atoms with Crippen LogP contribution in [0.3, 0.4) is 0 Å². The van der Waals surface area contributed by atoms with Crippen molar-refractivity contribution in [3.8, 4) is 11.5 Å². The number of carbonyl (C=O) groups excluding carboxylic acids is 2. The van der Waals surface area contributed by atoms with Gasteiger partial charge in [0.05, 0.1) is 11.4 Å². The summed E-state index contributed by atoms with van der Waals surface area (Å²) in [5, 5.41) is 2.79. The Balaban J connectivity index is 1.93. The predicted molar refractivity (Wildman–Crippen MR) is 139 cm³/mol. The molecule has 0 saturated carbocycles. The van der Waals surface area contributed by atoms with Crippen LogP contribution >= 0.6 is 0 Å². The highest BCUT2D eigenvalue weighted by Gasteiger charge is 2.32. The number of amides is 2. The van der Waals surface area contributed by atoms with E-state index in [2.05, 4.69) is 5.32 Å². The molecule has 37 heavy (non-hydrogen) atoms. The van der Waals surface area contributed by atoms with Gasteiger partial charge in [-0.15, -0.1) is 0 Å². The molecule has 0 spiro atoms. The van der Waals surface area contributed by atoms with Crippen LogP contribution in [-0.2, 0) is 26.2 Å². The second-order valence-corrected chi connectivity index (χ2v) is 10.9. The number of rotatable bonds is 12. The third-order valence-corrected chi connectivity index (χ3v) is 7.83. The SMILES string of the molecule is CCCCNC(=O)[C@@H](C)N(Cc1ccccc1F)C(=O)CN(c1ccc2c(c1)OCCO2)S(=O)(=O)CC. The van der Waals surface area contributed by atoms with Crippen LogP contribution in [0.15, 0.2) is 42.5 Å². The molecule has 11 heteroatoms. The number of fused-ring (bicyclic) bond motifs is 1. The van der Waals surface area contributed by atoms with Gasteiger partial charge in [0.2, 0.25) is 21.8 Å². The zero-order valence-corrected chi connectivity index (χ0v) is 22.2. The number of sulfonamides is 1. The number of anilines is 1. The fourth-order valence-electron chi connectivity index (χ4n) is 3.84.